The van der Waals surface area contributed by atoms with Crippen molar-refractivity contribution in [2.24, 2.45) is 5.73 Å². The van der Waals surface area contributed by atoms with Crippen LogP contribution in [0.3, 0.4) is 0 Å². The van der Waals surface area contributed by atoms with Gasteiger partial charge in [-0.15, -0.1) is 12.4 Å². The number of carboxylic acids is 1. The zero-order valence-electron chi connectivity index (χ0n) is 8.22. The number of aliphatic carboxylic acids is 1. The molecule has 82 valence electrons. The van der Waals surface area contributed by atoms with E-state index in [9.17, 15) is 4.79 Å². The summed E-state index contributed by atoms with van der Waals surface area (Å²) in [6, 6.07) is 6.66. The third-order valence-electron chi connectivity index (χ3n) is 1.99. The summed E-state index contributed by atoms with van der Waals surface area (Å²) in [6.45, 7) is 3.63. The lowest BCUT2D eigenvalue weighted by Gasteiger charge is -2.06. The summed E-state index contributed by atoms with van der Waals surface area (Å²) in [6.07, 6.45) is 2.09. The third kappa shape index (κ3) is 4.14. The normalized spacial score (nSPS) is 11.3. The van der Waals surface area contributed by atoms with Crippen molar-refractivity contribution in [3.63, 3.8) is 0 Å². The molecule has 1 aromatic carbocycles. The quantitative estimate of drug-likeness (QED) is 0.823. The third-order valence-corrected chi connectivity index (χ3v) is 1.99. The Bertz CT molecular complexity index is 335. The van der Waals surface area contributed by atoms with E-state index in [4.69, 9.17) is 10.8 Å². The molecule has 0 heterocycles. The van der Waals surface area contributed by atoms with Crippen molar-refractivity contribution >= 4 is 24.5 Å². The molecule has 0 saturated heterocycles. The number of hydrogen-bond acceptors (Lipinski definition) is 2. The van der Waals surface area contributed by atoms with Crippen LogP contribution in [0.5, 0.6) is 0 Å². The molecule has 0 aliphatic carbocycles. The van der Waals surface area contributed by atoms with E-state index in [0.29, 0.717) is 6.42 Å². The van der Waals surface area contributed by atoms with Crippen LogP contribution in [-0.4, -0.2) is 17.1 Å². The van der Waals surface area contributed by atoms with Crippen LogP contribution < -0.4 is 5.73 Å². The maximum atomic E-state index is 10.5. The zero-order valence-corrected chi connectivity index (χ0v) is 9.04. The maximum absolute atomic E-state index is 10.5. The van der Waals surface area contributed by atoms with E-state index in [-0.39, 0.29) is 12.4 Å². The first-order valence-corrected chi connectivity index (χ1v) is 4.33. The highest BCUT2D eigenvalue weighted by atomic mass is 35.5. The second kappa shape index (κ2) is 6.22. The topological polar surface area (TPSA) is 63.3 Å². The molecule has 1 atom stereocenters. The highest BCUT2D eigenvalue weighted by molar-refractivity contribution is 5.85. The number of hydrogen-bond donors (Lipinski definition) is 2. The lowest BCUT2D eigenvalue weighted by Crippen LogP contribution is -2.32. The molecule has 15 heavy (non-hydrogen) atoms. The largest absolute Gasteiger partial charge is 0.480 e. The molecule has 0 bridgehead atoms. The fourth-order valence-electron chi connectivity index (χ4n) is 1.13. The van der Waals surface area contributed by atoms with Gasteiger partial charge in [-0.3, -0.25) is 4.79 Å². The lowest BCUT2D eigenvalue weighted by atomic mass is 10.0. The zero-order chi connectivity index (χ0) is 10.6. The van der Waals surface area contributed by atoms with Gasteiger partial charge >= 0.3 is 5.97 Å². The maximum Gasteiger partial charge on any atom is 0.320 e. The predicted octanol–water partition coefficient (Wildman–Crippen LogP) is 1.71. The SMILES string of the molecule is C=Cc1ccc(C[C@H](N)C(=O)O)cc1.Cl. The molecule has 0 aromatic heterocycles. The molecule has 0 unspecified atom stereocenters. The monoisotopic (exact) mass is 227 g/mol. The summed E-state index contributed by atoms with van der Waals surface area (Å²) >= 11 is 0. The van der Waals surface area contributed by atoms with Crippen LogP contribution in [0, 0.1) is 0 Å². The van der Waals surface area contributed by atoms with Crippen LogP contribution in [0.2, 0.25) is 0 Å². The summed E-state index contributed by atoms with van der Waals surface area (Å²) in [5, 5.41) is 8.60. The number of benzene rings is 1. The average Bonchev–Trinajstić information content (AvgIpc) is 2.19. The number of carbonyl (C=O) groups is 1. The lowest BCUT2D eigenvalue weighted by molar-refractivity contribution is -0.138. The van der Waals surface area contributed by atoms with Crippen LogP contribution in [0.1, 0.15) is 11.1 Å². The molecule has 0 fully saturated rings. The smallest absolute Gasteiger partial charge is 0.320 e. The van der Waals surface area contributed by atoms with Gasteiger partial charge in [0.25, 0.3) is 0 Å². The Morgan fingerprint density at radius 1 is 1.47 bits per heavy atom. The van der Waals surface area contributed by atoms with Crippen molar-refractivity contribution in [3.8, 4) is 0 Å². The minimum atomic E-state index is -0.974. The van der Waals surface area contributed by atoms with Crippen LogP contribution >= 0.6 is 12.4 Å². The van der Waals surface area contributed by atoms with Gasteiger partial charge in [-0.2, -0.15) is 0 Å². The number of nitrogens with two attached hydrogens (primary N) is 1. The van der Waals surface area contributed by atoms with Gasteiger partial charge in [-0.1, -0.05) is 36.9 Å². The molecule has 0 radical (unpaired) electrons. The van der Waals surface area contributed by atoms with E-state index in [1.807, 2.05) is 24.3 Å². The Morgan fingerprint density at radius 2 is 2.00 bits per heavy atom. The first kappa shape index (κ1) is 13.7. The van der Waals surface area contributed by atoms with E-state index >= 15 is 0 Å². The molecular weight excluding hydrogens is 214 g/mol. The minimum Gasteiger partial charge on any atom is -0.480 e. The standard InChI is InChI=1S/C11H13NO2.ClH/c1-2-8-3-5-9(6-4-8)7-10(12)11(13)14;/h2-6,10H,1,7,12H2,(H,13,14);1H/t10-;/m0./s1. The molecule has 0 saturated carbocycles. The number of rotatable bonds is 4. The predicted molar refractivity (Wildman–Crippen MR) is 63.1 cm³/mol. The van der Waals surface area contributed by atoms with Gasteiger partial charge in [0.05, 0.1) is 0 Å². The average molecular weight is 228 g/mol. The molecule has 3 N–H and O–H groups in total. The van der Waals surface area contributed by atoms with Crippen LogP contribution in [0.4, 0.5) is 0 Å². The van der Waals surface area contributed by atoms with E-state index in [1.165, 1.54) is 0 Å². The van der Waals surface area contributed by atoms with Crippen molar-refractivity contribution < 1.29 is 9.90 Å². The fraction of sp³-hybridized carbons (Fsp3) is 0.182. The Kier molecular flexibility index (Phi) is 5.67. The number of carboxylic acid groups (broad SMARTS) is 1. The van der Waals surface area contributed by atoms with Gasteiger partial charge < -0.3 is 10.8 Å². The van der Waals surface area contributed by atoms with E-state index in [2.05, 4.69) is 6.58 Å². The first-order valence-electron chi connectivity index (χ1n) is 4.33. The first-order chi connectivity index (χ1) is 6.63. The van der Waals surface area contributed by atoms with Gasteiger partial charge in [0.15, 0.2) is 0 Å². The highest BCUT2D eigenvalue weighted by Gasteiger charge is 2.11. The van der Waals surface area contributed by atoms with Crippen LogP contribution in [0.15, 0.2) is 30.8 Å². The Hall–Kier alpha value is -1.32. The number of halogens is 1. The molecule has 0 aliphatic heterocycles. The molecule has 0 aliphatic rings. The summed E-state index contributed by atoms with van der Waals surface area (Å²) in [7, 11) is 0. The van der Waals surface area contributed by atoms with Crippen LogP contribution in [-0.2, 0) is 11.2 Å². The minimum absolute atomic E-state index is 0. The summed E-state index contributed by atoms with van der Waals surface area (Å²) in [5.41, 5.74) is 7.33. The molecule has 1 aromatic rings. The Balaban J connectivity index is 0.00000196. The fourth-order valence-corrected chi connectivity index (χ4v) is 1.13. The highest BCUT2D eigenvalue weighted by Crippen LogP contribution is 2.07. The summed E-state index contributed by atoms with van der Waals surface area (Å²) < 4.78 is 0. The molecular formula is C11H14ClNO2. The summed E-state index contributed by atoms with van der Waals surface area (Å²) in [5.74, 6) is -0.974. The summed E-state index contributed by atoms with van der Waals surface area (Å²) in [4.78, 5) is 10.5. The van der Waals surface area contributed by atoms with Crippen molar-refractivity contribution in [2.75, 3.05) is 0 Å². The molecule has 4 heteroatoms. The van der Waals surface area contributed by atoms with Crippen LogP contribution in [0.25, 0.3) is 6.08 Å². The second-order valence-electron chi connectivity index (χ2n) is 3.09. The van der Waals surface area contributed by atoms with E-state index in [1.54, 1.807) is 6.08 Å². The van der Waals surface area contributed by atoms with Gasteiger partial charge in [0, 0.05) is 0 Å². The Morgan fingerprint density at radius 3 is 2.40 bits per heavy atom. The van der Waals surface area contributed by atoms with Gasteiger partial charge in [0.2, 0.25) is 0 Å². The molecule has 0 spiro atoms. The van der Waals surface area contributed by atoms with Gasteiger partial charge in [0.1, 0.15) is 6.04 Å². The van der Waals surface area contributed by atoms with Crippen molar-refractivity contribution in [3.05, 3.63) is 42.0 Å². The molecule has 1 rings (SSSR count). The van der Waals surface area contributed by atoms with E-state index < -0.39 is 12.0 Å². The van der Waals surface area contributed by atoms with Crippen molar-refractivity contribution in [1.82, 2.24) is 0 Å². The van der Waals surface area contributed by atoms with Gasteiger partial charge in [-0.25, -0.2) is 0 Å². The second-order valence-corrected chi connectivity index (χ2v) is 3.09. The van der Waals surface area contributed by atoms with Crippen molar-refractivity contribution in [1.29, 1.82) is 0 Å². The molecule has 3 nitrogen and oxygen atoms in total. The molecule has 0 amide bonds. The van der Waals surface area contributed by atoms with Gasteiger partial charge in [-0.05, 0) is 17.5 Å². The Labute approximate surface area is 95.0 Å². The van der Waals surface area contributed by atoms with E-state index in [0.717, 1.165) is 11.1 Å². The van der Waals surface area contributed by atoms with Crippen molar-refractivity contribution in [2.45, 2.75) is 12.5 Å².